The van der Waals surface area contributed by atoms with Crippen molar-refractivity contribution in [2.45, 2.75) is 26.7 Å². The van der Waals surface area contributed by atoms with Crippen molar-refractivity contribution < 1.29 is 9.47 Å². The molecule has 0 spiro atoms. The molecule has 0 aromatic heterocycles. The molecule has 1 rings (SSSR count). The van der Waals surface area contributed by atoms with Crippen LogP contribution in [0.25, 0.3) is 0 Å². The summed E-state index contributed by atoms with van der Waals surface area (Å²) < 4.78 is 10.6. The number of hydrogen-bond donors (Lipinski definition) is 0. The van der Waals surface area contributed by atoms with Crippen molar-refractivity contribution in [3.63, 3.8) is 0 Å². The van der Waals surface area contributed by atoms with Gasteiger partial charge in [0.05, 0.1) is 26.2 Å². The fraction of sp³-hybridized carbons (Fsp3) is 0.500. The van der Waals surface area contributed by atoms with Gasteiger partial charge in [0, 0.05) is 11.6 Å². The molecule has 0 N–H and O–H groups in total. The van der Waals surface area contributed by atoms with Crippen LogP contribution in [-0.4, -0.2) is 14.2 Å². The molecule has 1 unspecified atom stereocenters. The molecule has 1 aromatic rings. The normalized spacial score (nSPS) is 12.1. The van der Waals surface area contributed by atoms with Crippen molar-refractivity contribution in [3.8, 4) is 17.6 Å². The highest BCUT2D eigenvalue weighted by Crippen LogP contribution is 2.37. The Kier molecular flexibility index (Phi) is 4.39. The van der Waals surface area contributed by atoms with Crippen LogP contribution in [0, 0.1) is 24.2 Å². The van der Waals surface area contributed by atoms with Crippen LogP contribution in [0.3, 0.4) is 0 Å². The highest BCUT2D eigenvalue weighted by Gasteiger charge is 2.22. The predicted molar refractivity (Wildman–Crippen MR) is 67.5 cm³/mol. The fourth-order valence-electron chi connectivity index (χ4n) is 1.97. The summed E-state index contributed by atoms with van der Waals surface area (Å²) in [6, 6.07) is 6.11. The van der Waals surface area contributed by atoms with Crippen LogP contribution in [0.1, 0.15) is 30.9 Å². The zero-order valence-electron chi connectivity index (χ0n) is 11.1. The van der Waals surface area contributed by atoms with E-state index >= 15 is 0 Å². The van der Waals surface area contributed by atoms with Crippen LogP contribution in [0.5, 0.6) is 11.5 Å². The van der Waals surface area contributed by atoms with Gasteiger partial charge in [-0.25, -0.2) is 0 Å². The maximum atomic E-state index is 9.28. The second kappa shape index (κ2) is 5.58. The highest BCUT2D eigenvalue weighted by molar-refractivity contribution is 5.50. The summed E-state index contributed by atoms with van der Waals surface area (Å²) in [6.07, 6.45) is 0. The van der Waals surface area contributed by atoms with E-state index in [0.717, 1.165) is 22.6 Å². The summed E-state index contributed by atoms with van der Waals surface area (Å²) in [5.74, 6) is 1.57. The minimum Gasteiger partial charge on any atom is -0.497 e. The smallest absolute Gasteiger partial charge is 0.127 e. The topological polar surface area (TPSA) is 42.2 Å². The first-order valence-corrected chi connectivity index (χ1v) is 5.67. The van der Waals surface area contributed by atoms with Crippen LogP contribution in [0.15, 0.2) is 12.1 Å². The van der Waals surface area contributed by atoms with Gasteiger partial charge < -0.3 is 9.47 Å². The van der Waals surface area contributed by atoms with Crippen LogP contribution in [0.4, 0.5) is 0 Å². The molecule has 3 nitrogen and oxygen atoms in total. The van der Waals surface area contributed by atoms with Crippen molar-refractivity contribution in [2.75, 3.05) is 14.2 Å². The van der Waals surface area contributed by atoms with Crippen LogP contribution >= 0.6 is 0 Å². The highest BCUT2D eigenvalue weighted by atomic mass is 16.5. The Morgan fingerprint density at radius 2 is 1.82 bits per heavy atom. The molecule has 0 bridgehead atoms. The zero-order valence-corrected chi connectivity index (χ0v) is 11.1. The van der Waals surface area contributed by atoms with Crippen molar-refractivity contribution in [1.82, 2.24) is 0 Å². The maximum Gasteiger partial charge on any atom is 0.127 e. The Bertz CT molecular complexity index is 433. The van der Waals surface area contributed by atoms with Gasteiger partial charge in [0.2, 0.25) is 0 Å². The molecule has 0 amide bonds. The molecule has 0 radical (unpaired) electrons. The van der Waals surface area contributed by atoms with Gasteiger partial charge in [0.25, 0.3) is 0 Å². The van der Waals surface area contributed by atoms with E-state index < -0.39 is 0 Å². The lowest BCUT2D eigenvalue weighted by molar-refractivity contribution is 0.386. The SMILES string of the molecule is COc1cc(C)c(C(C#N)C(C)C)c(OC)c1. The largest absolute Gasteiger partial charge is 0.497 e. The third-order valence-electron chi connectivity index (χ3n) is 2.89. The Hall–Kier alpha value is -1.69. The van der Waals surface area contributed by atoms with E-state index in [0.29, 0.717) is 0 Å². The Morgan fingerprint density at radius 3 is 2.24 bits per heavy atom. The average Bonchev–Trinajstić information content (AvgIpc) is 2.31. The van der Waals surface area contributed by atoms with Gasteiger partial charge in [-0.1, -0.05) is 13.8 Å². The number of hydrogen-bond acceptors (Lipinski definition) is 3. The molecule has 92 valence electrons. The summed E-state index contributed by atoms with van der Waals surface area (Å²) in [4.78, 5) is 0. The summed E-state index contributed by atoms with van der Waals surface area (Å²) in [6.45, 7) is 6.06. The minimum absolute atomic E-state index is 0.157. The fourth-order valence-corrected chi connectivity index (χ4v) is 1.97. The first kappa shape index (κ1) is 13.4. The lowest BCUT2D eigenvalue weighted by Crippen LogP contribution is -2.08. The van der Waals surface area contributed by atoms with Gasteiger partial charge in [-0.05, 0) is 24.5 Å². The van der Waals surface area contributed by atoms with Gasteiger partial charge in [-0.15, -0.1) is 0 Å². The molecule has 1 aromatic carbocycles. The maximum absolute atomic E-state index is 9.28. The Balaban J connectivity index is 3.37. The van der Waals surface area contributed by atoms with Gasteiger partial charge in [-0.2, -0.15) is 5.26 Å². The lowest BCUT2D eigenvalue weighted by atomic mass is 9.86. The van der Waals surface area contributed by atoms with E-state index in [9.17, 15) is 5.26 Å². The quantitative estimate of drug-likeness (QED) is 0.801. The molecule has 1 atom stereocenters. The van der Waals surface area contributed by atoms with Crippen molar-refractivity contribution in [1.29, 1.82) is 5.26 Å². The molecule has 0 aliphatic heterocycles. The molecular weight excluding hydrogens is 214 g/mol. The molecule has 0 aliphatic carbocycles. The number of benzene rings is 1. The van der Waals surface area contributed by atoms with E-state index in [2.05, 4.69) is 6.07 Å². The second-order valence-electron chi connectivity index (χ2n) is 4.41. The molecule has 0 fully saturated rings. The Labute approximate surface area is 103 Å². The molecule has 17 heavy (non-hydrogen) atoms. The summed E-state index contributed by atoms with van der Waals surface area (Å²) in [7, 11) is 3.24. The monoisotopic (exact) mass is 233 g/mol. The summed E-state index contributed by atoms with van der Waals surface area (Å²) in [5, 5.41) is 9.28. The third-order valence-corrected chi connectivity index (χ3v) is 2.89. The first-order valence-electron chi connectivity index (χ1n) is 5.67. The molecule has 0 heterocycles. The van der Waals surface area contributed by atoms with Crippen molar-refractivity contribution in [3.05, 3.63) is 23.3 Å². The van der Waals surface area contributed by atoms with E-state index in [-0.39, 0.29) is 11.8 Å². The van der Waals surface area contributed by atoms with Crippen LogP contribution in [0.2, 0.25) is 0 Å². The van der Waals surface area contributed by atoms with E-state index in [1.165, 1.54) is 0 Å². The zero-order chi connectivity index (χ0) is 13.0. The summed E-state index contributed by atoms with van der Waals surface area (Å²) >= 11 is 0. The third kappa shape index (κ3) is 2.71. The number of aryl methyl sites for hydroxylation is 1. The van der Waals surface area contributed by atoms with E-state index in [4.69, 9.17) is 9.47 Å². The number of rotatable bonds is 4. The number of nitrogens with zero attached hydrogens (tertiary/aromatic N) is 1. The number of ether oxygens (including phenoxy) is 2. The van der Waals surface area contributed by atoms with Gasteiger partial charge in [0.15, 0.2) is 0 Å². The van der Waals surface area contributed by atoms with Crippen molar-refractivity contribution >= 4 is 0 Å². The van der Waals surface area contributed by atoms with Gasteiger partial charge >= 0.3 is 0 Å². The van der Waals surface area contributed by atoms with E-state index in [1.54, 1.807) is 14.2 Å². The first-order chi connectivity index (χ1) is 8.04. The molecule has 0 saturated heterocycles. The number of methoxy groups -OCH3 is 2. The molecule has 3 heteroatoms. The van der Waals surface area contributed by atoms with E-state index in [1.807, 2.05) is 32.9 Å². The van der Waals surface area contributed by atoms with Gasteiger partial charge in [0.1, 0.15) is 11.5 Å². The lowest BCUT2D eigenvalue weighted by Gasteiger charge is -2.20. The van der Waals surface area contributed by atoms with Crippen LogP contribution < -0.4 is 9.47 Å². The second-order valence-corrected chi connectivity index (χ2v) is 4.41. The standard InChI is InChI=1S/C14H19NO2/c1-9(2)12(8-15)14-10(3)6-11(16-4)7-13(14)17-5/h6-7,9,12H,1-5H3. The van der Waals surface area contributed by atoms with Crippen LogP contribution in [-0.2, 0) is 0 Å². The van der Waals surface area contributed by atoms with Gasteiger partial charge in [-0.3, -0.25) is 0 Å². The molecular formula is C14H19NO2. The number of nitriles is 1. The molecule has 0 saturated carbocycles. The molecule has 0 aliphatic rings. The average molecular weight is 233 g/mol. The Morgan fingerprint density at radius 1 is 1.18 bits per heavy atom. The predicted octanol–water partition coefficient (Wildman–Crippen LogP) is 3.28. The summed E-state index contributed by atoms with van der Waals surface area (Å²) in [5.41, 5.74) is 1.99. The minimum atomic E-state index is -0.157. The van der Waals surface area contributed by atoms with Crippen molar-refractivity contribution in [2.24, 2.45) is 5.92 Å².